The van der Waals surface area contributed by atoms with Crippen molar-refractivity contribution in [2.75, 3.05) is 13.2 Å². The number of rotatable bonds is 7. The Kier molecular flexibility index (Phi) is 7.06. The molecule has 0 fully saturated rings. The second-order valence-corrected chi connectivity index (χ2v) is 9.23. The minimum Gasteiger partial charge on any atom is -0.463 e. The smallest absolute Gasteiger partial charge is 0.407 e. The van der Waals surface area contributed by atoms with E-state index in [2.05, 4.69) is 10.5 Å². The molecule has 2 aromatic carbocycles. The molecule has 0 radical (unpaired) electrons. The van der Waals surface area contributed by atoms with Gasteiger partial charge >= 0.3 is 12.1 Å². The van der Waals surface area contributed by atoms with Crippen LogP contribution in [0.25, 0.3) is 10.8 Å². The van der Waals surface area contributed by atoms with E-state index in [1.54, 1.807) is 6.92 Å². The zero-order valence-electron chi connectivity index (χ0n) is 19.4. The number of benzene rings is 2. The predicted molar refractivity (Wildman–Crippen MR) is 123 cm³/mol. The van der Waals surface area contributed by atoms with E-state index in [1.807, 2.05) is 70.2 Å². The SMILES string of the molecule is CCOC(=O)C1(c2ccc3ccccc3c2)CC(CC(C)CNC(=O)OC(C)(C)C)=NO1. The molecule has 2 atom stereocenters. The van der Waals surface area contributed by atoms with Crippen molar-refractivity contribution in [2.24, 2.45) is 11.1 Å². The van der Waals surface area contributed by atoms with Gasteiger partial charge in [-0.05, 0) is 56.9 Å². The molecule has 0 saturated carbocycles. The maximum atomic E-state index is 13.0. The van der Waals surface area contributed by atoms with Crippen LogP contribution in [0.15, 0.2) is 47.6 Å². The van der Waals surface area contributed by atoms with Gasteiger partial charge in [-0.2, -0.15) is 0 Å². The number of amides is 1. The Balaban J connectivity index is 1.71. The summed E-state index contributed by atoms with van der Waals surface area (Å²) < 4.78 is 10.6. The molecule has 0 aromatic heterocycles. The van der Waals surface area contributed by atoms with Gasteiger partial charge in [-0.15, -0.1) is 0 Å². The van der Waals surface area contributed by atoms with Crippen LogP contribution in [0.4, 0.5) is 4.79 Å². The number of ether oxygens (including phenoxy) is 2. The standard InChI is InChI=1S/C25H32N2O5/c1-6-30-22(28)25(20-12-11-18-9-7-8-10-19(18)14-20)15-21(27-32-25)13-17(2)16-26-23(29)31-24(3,4)5/h7-12,14,17H,6,13,15-16H2,1-5H3,(H,26,29). The summed E-state index contributed by atoms with van der Waals surface area (Å²) in [7, 11) is 0. The van der Waals surface area contributed by atoms with Crippen molar-refractivity contribution >= 4 is 28.5 Å². The van der Waals surface area contributed by atoms with Crippen LogP contribution in [0.2, 0.25) is 0 Å². The van der Waals surface area contributed by atoms with E-state index in [4.69, 9.17) is 14.3 Å². The molecule has 1 aliphatic rings. The molecule has 7 nitrogen and oxygen atoms in total. The monoisotopic (exact) mass is 440 g/mol. The summed E-state index contributed by atoms with van der Waals surface area (Å²) in [6.45, 7) is 9.92. The van der Waals surface area contributed by atoms with Crippen molar-refractivity contribution in [3.63, 3.8) is 0 Å². The van der Waals surface area contributed by atoms with Crippen LogP contribution in [0.1, 0.15) is 53.0 Å². The van der Waals surface area contributed by atoms with Crippen LogP contribution < -0.4 is 5.32 Å². The highest BCUT2D eigenvalue weighted by Crippen LogP contribution is 2.38. The number of nitrogens with zero attached hydrogens (tertiary/aromatic N) is 1. The number of carbonyl (C=O) groups excluding carboxylic acids is 2. The lowest BCUT2D eigenvalue weighted by Gasteiger charge is -2.25. The van der Waals surface area contributed by atoms with Gasteiger partial charge in [-0.1, -0.05) is 48.5 Å². The largest absolute Gasteiger partial charge is 0.463 e. The Morgan fingerprint density at radius 2 is 1.91 bits per heavy atom. The molecule has 1 heterocycles. The van der Waals surface area contributed by atoms with Crippen LogP contribution in [-0.4, -0.2) is 36.5 Å². The van der Waals surface area contributed by atoms with E-state index >= 15 is 0 Å². The number of carbonyl (C=O) groups is 2. The first-order valence-electron chi connectivity index (χ1n) is 11.0. The van der Waals surface area contributed by atoms with Gasteiger partial charge in [-0.25, -0.2) is 9.59 Å². The van der Waals surface area contributed by atoms with Gasteiger partial charge in [0, 0.05) is 18.5 Å². The summed E-state index contributed by atoms with van der Waals surface area (Å²) >= 11 is 0. The number of hydrogen-bond acceptors (Lipinski definition) is 6. The van der Waals surface area contributed by atoms with Gasteiger partial charge in [0.25, 0.3) is 5.60 Å². The van der Waals surface area contributed by atoms with Crippen LogP contribution in [-0.2, 0) is 24.7 Å². The maximum Gasteiger partial charge on any atom is 0.407 e. The van der Waals surface area contributed by atoms with E-state index < -0.39 is 23.3 Å². The van der Waals surface area contributed by atoms with E-state index in [0.29, 0.717) is 24.9 Å². The molecule has 32 heavy (non-hydrogen) atoms. The third-order valence-electron chi connectivity index (χ3n) is 5.18. The molecule has 2 unspecified atom stereocenters. The first kappa shape index (κ1) is 23.6. The average molecular weight is 441 g/mol. The highest BCUT2D eigenvalue weighted by molar-refractivity contribution is 5.95. The lowest BCUT2D eigenvalue weighted by molar-refractivity contribution is -0.170. The van der Waals surface area contributed by atoms with E-state index in [9.17, 15) is 9.59 Å². The Morgan fingerprint density at radius 3 is 2.59 bits per heavy atom. The van der Waals surface area contributed by atoms with Crippen LogP contribution in [0.5, 0.6) is 0 Å². The van der Waals surface area contributed by atoms with Gasteiger partial charge in [0.1, 0.15) is 5.60 Å². The quantitative estimate of drug-likeness (QED) is 0.617. The highest BCUT2D eigenvalue weighted by atomic mass is 16.7. The number of nitrogens with one attached hydrogen (secondary N) is 1. The van der Waals surface area contributed by atoms with Crippen molar-refractivity contribution in [3.05, 3.63) is 48.0 Å². The second-order valence-electron chi connectivity index (χ2n) is 9.23. The summed E-state index contributed by atoms with van der Waals surface area (Å²) in [5.41, 5.74) is -0.374. The average Bonchev–Trinajstić information content (AvgIpc) is 3.16. The summed E-state index contributed by atoms with van der Waals surface area (Å²) in [4.78, 5) is 30.7. The van der Waals surface area contributed by atoms with Crippen molar-refractivity contribution in [1.29, 1.82) is 0 Å². The fourth-order valence-electron chi connectivity index (χ4n) is 3.72. The minimum atomic E-state index is -1.30. The Labute approximate surface area is 189 Å². The highest BCUT2D eigenvalue weighted by Gasteiger charge is 2.49. The molecule has 0 aliphatic carbocycles. The molecule has 0 bridgehead atoms. The Bertz CT molecular complexity index is 1010. The lowest BCUT2D eigenvalue weighted by atomic mass is 9.86. The summed E-state index contributed by atoms with van der Waals surface area (Å²) in [6, 6.07) is 13.8. The molecule has 2 aromatic rings. The third kappa shape index (κ3) is 5.58. The number of oxime groups is 1. The Hall–Kier alpha value is -3.09. The number of alkyl carbamates (subject to hydrolysis) is 1. The van der Waals surface area contributed by atoms with Crippen LogP contribution in [0, 0.1) is 5.92 Å². The molecule has 0 saturated heterocycles. The fourth-order valence-corrected chi connectivity index (χ4v) is 3.72. The molecule has 3 rings (SSSR count). The zero-order chi connectivity index (χ0) is 23.4. The van der Waals surface area contributed by atoms with E-state index in [1.165, 1.54) is 0 Å². The van der Waals surface area contributed by atoms with Gasteiger partial charge < -0.3 is 19.6 Å². The van der Waals surface area contributed by atoms with E-state index in [-0.39, 0.29) is 12.5 Å². The van der Waals surface area contributed by atoms with Crippen molar-refractivity contribution in [1.82, 2.24) is 5.32 Å². The number of hydrogen-bond donors (Lipinski definition) is 1. The fraction of sp³-hybridized carbons (Fsp3) is 0.480. The molecule has 1 aliphatic heterocycles. The lowest BCUT2D eigenvalue weighted by Crippen LogP contribution is -2.38. The molecule has 1 N–H and O–H groups in total. The maximum absolute atomic E-state index is 13.0. The van der Waals surface area contributed by atoms with Crippen molar-refractivity contribution in [2.45, 2.75) is 58.7 Å². The number of esters is 1. The summed E-state index contributed by atoms with van der Waals surface area (Å²) in [5.74, 6) is -0.368. The molecular weight excluding hydrogens is 408 g/mol. The van der Waals surface area contributed by atoms with Gasteiger partial charge in [0.05, 0.1) is 12.3 Å². The summed E-state index contributed by atoms with van der Waals surface area (Å²) in [5, 5.41) is 9.12. The zero-order valence-corrected chi connectivity index (χ0v) is 19.4. The molecule has 1 amide bonds. The third-order valence-corrected chi connectivity index (χ3v) is 5.18. The van der Waals surface area contributed by atoms with Crippen molar-refractivity contribution in [3.8, 4) is 0 Å². The Morgan fingerprint density at radius 1 is 1.19 bits per heavy atom. The first-order chi connectivity index (χ1) is 15.1. The van der Waals surface area contributed by atoms with Crippen LogP contribution in [0.3, 0.4) is 0 Å². The topological polar surface area (TPSA) is 86.2 Å². The normalized spacial score (nSPS) is 19.1. The van der Waals surface area contributed by atoms with Crippen molar-refractivity contribution < 1.29 is 23.9 Å². The second kappa shape index (κ2) is 9.59. The first-order valence-corrected chi connectivity index (χ1v) is 11.0. The van der Waals surface area contributed by atoms with Crippen LogP contribution >= 0.6 is 0 Å². The van der Waals surface area contributed by atoms with E-state index in [0.717, 1.165) is 16.5 Å². The van der Waals surface area contributed by atoms with Gasteiger partial charge in [0.2, 0.25) is 0 Å². The van der Waals surface area contributed by atoms with Gasteiger partial charge in [-0.3, -0.25) is 0 Å². The number of fused-ring (bicyclic) bond motifs is 1. The minimum absolute atomic E-state index is 0.0828. The van der Waals surface area contributed by atoms with Gasteiger partial charge in [0.15, 0.2) is 0 Å². The molecule has 172 valence electrons. The summed E-state index contributed by atoms with van der Waals surface area (Å²) in [6.07, 6.45) is 0.428. The molecule has 7 heteroatoms. The predicted octanol–water partition coefficient (Wildman–Crippen LogP) is 4.93. The molecular formula is C25H32N2O5. The molecule has 0 spiro atoms.